The van der Waals surface area contributed by atoms with Gasteiger partial charge in [-0.25, -0.2) is 13.4 Å². The Kier molecular flexibility index (Phi) is 6.27. The van der Waals surface area contributed by atoms with Crippen molar-refractivity contribution in [2.24, 2.45) is 0 Å². The Labute approximate surface area is 202 Å². The van der Waals surface area contributed by atoms with Gasteiger partial charge in [-0.15, -0.1) is 0 Å². The lowest BCUT2D eigenvalue weighted by molar-refractivity contribution is 0.480. The van der Waals surface area contributed by atoms with Crippen LogP contribution in [-0.2, 0) is 10.0 Å². The monoisotopic (exact) mass is 532 g/mol. The highest BCUT2D eigenvalue weighted by Crippen LogP contribution is 2.36. The zero-order valence-electron chi connectivity index (χ0n) is 15.6. The predicted octanol–water partition coefficient (Wildman–Crippen LogP) is 7.81. The summed E-state index contributed by atoms with van der Waals surface area (Å²) in [6.45, 7) is 1.69. The molecular formula is C20H12Cl4N2O3S2. The standard InChI is InChI=1S/C20H12Cl4N2O3S2/c1-10-5-18(16(24)9-15(10)23)31(27,28)26-12-6-11(21)7-13(8-12)29-20-25-19-14(22)3-2-4-17(19)30-20/h2-9,26H,1H3. The fraction of sp³-hybridized carbons (Fsp3) is 0.0500. The van der Waals surface area contributed by atoms with Crippen LogP contribution in [0.15, 0.2) is 53.4 Å². The highest BCUT2D eigenvalue weighted by molar-refractivity contribution is 7.92. The normalized spacial score (nSPS) is 11.6. The topological polar surface area (TPSA) is 68.3 Å². The van der Waals surface area contributed by atoms with Crippen LogP contribution in [0.4, 0.5) is 5.69 Å². The molecule has 0 aliphatic heterocycles. The first-order valence-electron chi connectivity index (χ1n) is 8.64. The number of nitrogens with one attached hydrogen (secondary N) is 1. The third-order valence-corrected chi connectivity index (χ3v) is 7.86. The third-order valence-electron chi connectivity index (χ3n) is 4.18. The van der Waals surface area contributed by atoms with Crippen molar-refractivity contribution in [3.8, 4) is 10.9 Å². The molecule has 5 nitrogen and oxygen atoms in total. The number of para-hydroxylation sites is 1. The number of fused-ring (bicyclic) bond motifs is 1. The second-order valence-electron chi connectivity index (χ2n) is 6.48. The Hall–Kier alpha value is -1.74. The van der Waals surface area contributed by atoms with Gasteiger partial charge >= 0.3 is 0 Å². The number of nitrogens with zero attached hydrogens (tertiary/aromatic N) is 1. The van der Waals surface area contributed by atoms with Gasteiger partial charge in [0.2, 0.25) is 0 Å². The minimum atomic E-state index is -4.00. The average molecular weight is 534 g/mol. The Balaban J connectivity index is 1.64. The van der Waals surface area contributed by atoms with Crippen molar-refractivity contribution < 1.29 is 13.2 Å². The van der Waals surface area contributed by atoms with Gasteiger partial charge in [0.05, 0.1) is 20.4 Å². The van der Waals surface area contributed by atoms with Gasteiger partial charge in [-0.1, -0.05) is 63.8 Å². The maximum absolute atomic E-state index is 12.9. The number of hydrogen-bond acceptors (Lipinski definition) is 5. The fourth-order valence-corrected chi connectivity index (χ4v) is 6.00. The van der Waals surface area contributed by atoms with Crippen molar-refractivity contribution in [1.29, 1.82) is 0 Å². The molecule has 11 heteroatoms. The number of hydrogen-bond donors (Lipinski definition) is 1. The molecule has 0 unspecified atom stereocenters. The van der Waals surface area contributed by atoms with Gasteiger partial charge in [0.1, 0.15) is 16.2 Å². The van der Waals surface area contributed by atoms with Crippen molar-refractivity contribution in [3.63, 3.8) is 0 Å². The van der Waals surface area contributed by atoms with Gasteiger partial charge in [-0.3, -0.25) is 4.72 Å². The molecule has 0 radical (unpaired) electrons. The van der Waals surface area contributed by atoms with Crippen LogP contribution in [-0.4, -0.2) is 13.4 Å². The number of halogens is 4. The first-order chi connectivity index (χ1) is 14.6. The first kappa shape index (κ1) is 22.5. The van der Waals surface area contributed by atoms with E-state index in [1.807, 2.05) is 12.1 Å². The van der Waals surface area contributed by atoms with Crippen LogP contribution < -0.4 is 9.46 Å². The predicted molar refractivity (Wildman–Crippen MR) is 128 cm³/mol. The van der Waals surface area contributed by atoms with E-state index in [0.717, 1.165) is 4.70 Å². The summed E-state index contributed by atoms with van der Waals surface area (Å²) in [7, 11) is -4.00. The van der Waals surface area contributed by atoms with Crippen molar-refractivity contribution in [2.75, 3.05) is 4.72 Å². The number of benzene rings is 3. The number of rotatable bonds is 5. The van der Waals surface area contributed by atoms with Crippen molar-refractivity contribution in [2.45, 2.75) is 11.8 Å². The Bertz CT molecular complexity index is 1420. The third kappa shape index (κ3) is 4.87. The minimum absolute atomic E-state index is 0.00737. The van der Waals surface area contributed by atoms with Crippen LogP contribution in [0.1, 0.15) is 5.56 Å². The van der Waals surface area contributed by atoms with Crippen LogP contribution in [0.25, 0.3) is 10.2 Å². The number of sulfonamides is 1. The number of thiazole rings is 1. The summed E-state index contributed by atoms with van der Waals surface area (Å²) in [5.74, 6) is 0.304. The van der Waals surface area contributed by atoms with Crippen LogP contribution in [0.2, 0.25) is 20.1 Å². The summed E-state index contributed by atoms with van der Waals surface area (Å²) >= 11 is 25.7. The molecule has 1 heterocycles. The number of aromatic nitrogens is 1. The minimum Gasteiger partial charge on any atom is -0.431 e. The van der Waals surface area contributed by atoms with Gasteiger partial charge in [0.25, 0.3) is 15.2 Å². The SMILES string of the molecule is Cc1cc(S(=O)(=O)Nc2cc(Cl)cc(Oc3nc4c(Cl)cccc4s3)c2)c(Cl)cc1Cl. The Morgan fingerprint density at radius 1 is 0.968 bits per heavy atom. The van der Waals surface area contributed by atoms with Gasteiger partial charge in [-0.05, 0) is 48.9 Å². The molecule has 0 saturated heterocycles. The van der Waals surface area contributed by atoms with E-state index >= 15 is 0 Å². The molecule has 0 spiro atoms. The molecule has 0 fully saturated rings. The van der Waals surface area contributed by atoms with Gasteiger partial charge in [-0.2, -0.15) is 0 Å². The molecule has 160 valence electrons. The second-order valence-corrected chi connectivity index (χ2v) is 10.8. The zero-order chi connectivity index (χ0) is 22.3. The van der Waals surface area contributed by atoms with Gasteiger partial charge in [0, 0.05) is 16.1 Å². The summed E-state index contributed by atoms with van der Waals surface area (Å²) in [4.78, 5) is 4.27. The van der Waals surface area contributed by atoms with Gasteiger partial charge in [0.15, 0.2) is 0 Å². The lowest BCUT2D eigenvalue weighted by Gasteiger charge is -2.12. The maximum atomic E-state index is 12.9. The molecule has 1 aromatic heterocycles. The lowest BCUT2D eigenvalue weighted by Crippen LogP contribution is -2.14. The molecule has 0 saturated carbocycles. The van der Waals surface area contributed by atoms with Crippen LogP contribution in [0.5, 0.6) is 10.9 Å². The number of ether oxygens (including phenoxy) is 1. The molecule has 0 atom stereocenters. The first-order valence-corrected chi connectivity index (χ1v) is 12.5. The second kappa shape index (κ2) is 8.65. The summed E-state index contributed by atoms with van der Waals surface area (Å²) in [5, 5.41) is 1.51. The average Bonchev–Trinajstić information content (AvgIpc) is 3.07. The van der Waals surface area contributed by atoms with E-state index < -0.39 is 10.0 Å². The van der Waals surface area contributed by atoms with E-state index in [9.17, 15) is 8.42 Å². The van der Waals surface area contributed by atoms with Crippen LogP contribution >= 0.6 is 57.7 Å². The molecule has 0 bridgehead atoms. The van der Waals surface area contributed by atoms with Crippen LogP contribution in [0, 0.1) is 6.92 Å². The van der Waals surface area contributed by atoms with E-state index in [1.54, 1.807) is 19.1 Å². The summed E-state index contributed by atoms with van der Waals surface area (Å²) in [6.07, 6.45) is 0. The van der Waals surface area contributed by atoms with E-state index in [-0.39, 0.29) is 20.6 Å². The number of anilines is 1. The molecule has 4 rings (SSSR count). The van der Waals surface area contributed by atoms with E-state index in [1.165, 1.54) is 35.6 Å². The Morgan fingerprint density at radius 3 is 2.48 bits per heavy atom. The molecule has 3 aromatic carbocycles. The molecular weight excluding hydrogens is 522 g/mol. The van der Waals surface area contributed by atoms with E-state index in [4.69, 9.17) is 51.1 Å². The van der Waals surface area contributed by atoms with E-state index in [2.05, 4.69) is 9.71 Å². The van der Waals surface area contributed by atoms with Crippen LogP contribution in [0.3, 0.4) is 0 Å². The molecule has 0 amide bonds. The smallest absolute Gasteiger partial charge is 0.279 e. The summed E-state index contributed by atoms with van der Waals surface area (Å²) < 4.78 is 34.9. The molecule has 0 aliphatic rings. The highest BCUT2D eigenvalue weighted by Gasteiger charge is 2.20. The largest absolute Gasteiger partial charge is 0.431 e. The molecule has 31 heavy (non-hydrogen) atoms. The molecule has 0 aliphatic carbocycles. The van der Waals surface area contributed by atoms with Crippen molar-refractivity contribution in [1.82, 2.24) is 4.98 Å². The summed E-state index contributed by atoms with van der Waals surface area (Å²) in [6, 6.07) is 12.7. The zero-order valence-corrected chi connectivity index (χ0v) is 20.3. The van der Waals surface area contributed by atoms with Gasteiger partial charge < -0.3 is 4.74 Å². The highest BCUT2D eigenvalue weighted by atomic mass is 35.5. The van der Waals surface area contributed by atoms with E-state index in [0.29, 0.717) is 32.1 Å². The fourth-order valence-electron chi connectivity index (χ4n) is 2.77. The lowest BCUT2D eigenvalue weighted by atomic mass is 10.2. The molecule has 4 aromatic rings. The quantitative estimate of drug-likeness (QED) is 0.284. The Morgan fingerprint density at radius 2 is 1.74 bits per heavy atom. The van der Waals surface area contributed by atoms with Crippen molar-refractivity contribution in [3.05, 3.63) is 74.2 Å². The maximum Gasteiger partial charge on any atom is 0.279 e. The molecule has 1 N–H and O–H groups in total. The summed E-state index contributed by atoms with van der Waals surface area (Å²) in [5.41, 5.74) is 1.40. The number of aryl methyl sites for hydroxylation is 1. The van der Waals surface area contributed by atoms with Crippen molar-refractivity contribution >= 4 is 83.7 Å².